The van der Waals surface area contributed by atoms with Gasteiger partial charge in [0.2, 0.25) is 0 Å². The molecule has 0 amide bonds. The third-order valence-corrected chi connectivity index (χ3v) is 4.02. The van der Waals surface area contributed by atoms with E-state index in [4.69, 9.17) is 0 Å². The molecule has 0 bridgehead atoms. The zero-order valence-corrected chi connectivity index (χ0v) is 13.5. The molecule has 1 atom stereocenters. The van der Waals surface area contributed by atoms with E-state index in [2.05, 4.69) is 49.5 Å². The first-order valence-corrected chi connectivity index (χ1v) is 8.61. The lowest BCUT2D eigenvalue weighted by molar-refractivity contribution is 0.424. The summed E-state index contributed by atoms with van der Waals surface area (Å²) >= 11 is 0. The smallest absolute Gasteiger partial charge is 0.00175 e. The van der Waals surface area contributed by atoms with Crippen molar-refractivity contribution in [1.82, 2.24) is 5.32 Å². The van der Waals surface area contributed by atoms with E-state index in [1.807, 2.05) is 0 Å². The summed E-state index contributed by atoms with van der Waals surface area (Å²) in [7, 11) is 0. The lowest BCUT2D eigenvalue weighted by atomic mass is 9.93. The monoisotopic (exact) mass is 275 g/mol. The topological polar surface area (TPSA) is 12.0 Å². The molecule has 0 aliphatic carbocycles. The third kappa shape index (κ3) is 8.37. The van der Waals surface area contributed by atoms with Gasteiger partial charge in [-0.15, -0.1) is 0 Å². The van der Waals surface area contributed by atoms with Crippen LogP contribution < -0.4 is 5.32 Å². The first-order chi connectivity index (χ1) is 9.86. The molecule has 114 valence electrons. The summed E-state index contributed by atoms with van der Waals surface area (Å²) in [4.78, 5) is 0. The second-order valence-electron chi connectivity index (χ2n) is 5.92. The fraction of sp³-hybridized carbons (Fsp3) is 0.684. The number of unbranched alkanes of at least 4 members (excludes halogenated alkanes) is 5. The van der Waals surface area contributed by atoms with E-state index in [0.29, 0.717) is 0 Å². The van der Waals surface area contributed by atoms with Crippen LogP contribution in [-0.4, -0.2) is 13.1 Å². The Morgan fingerprint density at radius 1 is 0.900 bits per heavy atom. The highest BCUT2D eigenvalue weighted by Gasteiger charge is 2.09. The van der Waals surface area contributed by atoms with Gasteiger partial charge in [0.15, 0.2) is 0 Å². The van der Waals surface area contributed by atoms with E-state index in [1.165, 1.54) is 63.5 Å². The summed E-state index contributed by atoms with van der Waals surface area (Å²) in [5.41, 5.74) is 1.49. The summed E-state index contributed by atoms with van der Waals surface area (Å²) in [6, 6.07) is 11.0. The minimum absolute atomic E-state index is 0.795. The highest BCUT2D eigenvalue weighted by Crippen LogP contribution is 2.16. The minimum Gasteiger partial charge on any atom is -0.317 e. The molecule has 1 aromatic carbocycles. The van der Waals surface area contributed by atoms with Gasteiger partial charge in [-0.2, -0.15) is 0 Å². The van der Waals surface area contributed by atoms with Gasteiger partial charge >= 0.3 is 0 Å². The summed E-state index contributed by atoms with van der Waals surface area (Å²) in [6.45, 7) is 6.73. The van der Waals surface area contributed by atoms with Gasteiger partial charge in [0.25, 0.3) is 0 Å². The second-order valence-corrected chi connectivity index (χ2v) is 5.92. The van der Waals surface area contributed by atoms with Crippen molar-refractivity contribution < 1.29 is 0 Å². The molecule has 1 rings (SSSR count). The molecule has 0 aliphatic rings. The summed E-state index contributed by atoms with van der Waals surface area (Å²) < 4.78 is 0. The fourth-order valence-electron chi connectivity index (χ4n) is 2.79. The average molecular weight is 275 g/mol. The first kappa shape index (κ1) is 17.2. The third-order valence-electron chi connectivity index (χ3n) is 4.02. The van der Waals surface area contributed by atoms with Gasteiger partial charge in [-0.1, -0.05) is 82.7 Å². The van der Waals surface area contributed by atoms with Gasteiger partial charge in [-0.25, -0.2) is 0 Å². The molecule has 0 heterocycles. The molecule has 1 heteroatoms. The van der Waals surface area contributed by atoms with Crippen LogP contribution in [0.2, 0.25) is 0 Å². The maximum Gasteiger partial charge on any atom is -0.00175 e. The average Bonchev–Trinajstić information content (AvgIpc) is 2.49. The van der Waals surface area contributed by atoms with Crippen molar-refractivity contribution in [3.05, 3.63) is 35.9 Å². The molecule has 20 heavy (non-hydrogen) atoms. The van der Waals surface area contributed by atoms with E-state index >= 15 is 0 Å². The van der Waals surface area contributed by atoms with E-state index in [9.17, 15) is 0 Å². The van der Waals surface area contributed by atoms with Gasteiger partial charge in [-0.3, -0.25) is 0 Å². The van der Waals surface area contributed by atoms with Crippen LogP contribution >= 0.6 is 0 Å². The molecule has 1 unspecified atom stereocenters. The SMILES string of the molecule is CCCCCCCCC(CNCC)Cc1ccccc1. The lowest BCUT2D eigenvalue weighted by Gasteiger charge is -2.17. The number of hydrogen-bond acceptors (Lipinski definition) is 1. The van der Waals surface area contributed by atoms with Crippen LogP contribution in [0.5, 0.6) is 0 Å². The van der Waals surface area contributed by atoms with Crippen LogP contribution in [0.15, 0.2) is 30.3 Å². The molecule has 0 fully saturated rings. The molecule has 1 aromatic rings. The number of hydrogen-bond donors (Lipinski definition) is 1. The van der Waals surface area contributed by atoms with Crippen LogP contribution in [0.1, 0.15) is 64.4 Å². The zero-order chi connectivity index (χ0) is 14.5. The van der Waals surface area contributed by atoms with Crippen LogP contribution in [0, 0.1) is 5.92 Å². The van der Waals surface area contributed by atoms with E-state index < -0.39 is 0 Å². The first-order valence-electron chi connectivity index (χ1n) is 8.61. The molecule has 0 aliphatic heterocycles. The van der Waals surface area contributed by atoms with Crippen LogP contribution in [0.4, 0.5) is 0 Å². The number of rotatable bonds is 12. The quantitative estimate of drug-likeness (QED) is 0.517. The van der Waals surface area contributed by atoms with Crippen LogP contribution in [0.25, 0.3) is 0 Å². The Labute approximate surface area is 126 Å². The Kier molecular flexibility index (Phi) is 10.3. The van der Waals surface area contributed by atoms with Gasteiger partial charge in [-0.05, 0) is 37.4 Å². The predicted molar refractivity (Wildman–Crippen MR) is 90.2 cm³/mol. The van der Waals surface area contributed by atoms with Gasteiger partial charge in [0, 0.05) is 0 Å². The molecule has 0 spiro atoms. The summed E-state index contributed by atoms with van der Waals surface area (Å²) in [5, 5.41) is 3.53. The number of nitrogens with one attached hydrogen (secondary N) is 1. The standard InChI is InChI=1S/C19H33N/c1-3-5-6-7-8-10-15-19(17-20-4-2)16-18-13-11-9-12-14-18/h9,11-14,19-20H,3-8,10,15-17H2,1-2H3. The summed E-state index contributed by atoms with van der Waals surface area (Å²) in [6.07, 6.45) is 11.0. The molecule has 0 saturated heterocycles. The van der Waals surface area contributed by atoms with Crippen molar-refractivity contribution in [2.24, 2.45) is 5.92 Å². The zero-order valence-electron chi connectivity index (χ0n) is 13.5. The molecular formula is C19H33N. The normalized spacial score (nSPS) is 12.5. The molecular weight excluding hydrogens is 242 g/mol. The Bertz CT molecular complexity index is 307. The van der Waals surface area contributed by atoms with Gasteiger partial charge in [0.05, 0.1) is 0 Å². The van der Waals surface area contributed by atoms with E-state index in [0.717, 1.165) is 12.5 Å². The highest BCUT2D eigenvalue weighted by molar-refractivity contribution is 5.15. The van der Waals surface area contributed by atoms with E-state index in [-0.39, 0.29) is 0 Å². The van der Waals surface area contributed by atoms with Crippen molar-refractivity contribution in [1.29, 1.82) is 0 Å². The minimum atomic E-state index is 0.795. The predicted octanol–water partition coefficient (Wildman–Crippen LogP) is 5.21. The van der Waals surface area contributed by atoms with Crippen LogP contribution in [-0.2, 0) is 6.42 Å². The highest BCUT2D eigenvalue weighted by atomic mass is 14.8. The Balaban J connectivity index is 2.25. The Morgan fingerprint density at radius 3 is 2.30 bits per heavy atom. The van der Waals surface area contributed by atoms with Crippen molar-refractivity contribution in [2.75, 3.05) is 13.1 Å². The maximum absolute atomic E-state index is 3.53. The van der Waals surface area contributed by atoms with Crippen molar-refractivity contribution in [2.45, 2.75) is 65.2 Å². The molecule has 0 aromatic heterocycles. The number of benzene rings is 1. The van der Waals surface area contributed by atoms with Crippen LogP contribution in [0.3, 0.4) is 0 Å². The Morgan fingerprint density at radius 2 is 1.60 bits per heavy atom. The van der Waals surface area contributed by atoms with E-state index in [1.54, 1.807) is 0 Å². The molecule has 1 nitrogen and oxygen atoms in total. The lowest BCUT2D eigenvalue weighted by Crippen LogP contribution is -2.24. The van der Waals surface area contributed by atoms with Crippen molar-refractivity contribution >= 4 is 0 Å². The van der Waals surface area contributed by atoms with Gasteiger partial charge in [0.1, 0.15) is 0 Å². The Hall–Kier alpha value is -0.820. The molecule has 0 saturated carbocycles. The van der Waals surface area contributed by atoms with Crippen molar-refractivity contribution in [3.8, 4) is 0 Å². The second kappa shape index (κ2) is 12.0. The van der Waals surface area contributed by atoms with Crippen molar-refractivity contribution in [3.63, 3.8) is 0 Å². The van der Waals surface area contributed by atoms with Gasteiger partial charge < -0.3 is 5.32 Å². The fourth-order valence-corrected chi connectivity index (χ4v) is 2.79. The summed E-state index contributed by atoms with van der Waals surface area (Å²) in [5.74, 6) is 0.795. The molecule has 0 radical (unpaired) electrons. The maximum atomic E-state index is 3.53. The molecule has 1 N–H and O–H groups in total. The largest absolute Gasteiger partial charge is 0.317 e.